The maximum atomic E-state index is 15.5. The van der Waals surface area contributed by atoms with Gasteiger partial charge in [0, 0.05) is 15.9 Å². The Hall–Kier alpha value is -2.82. The molecule has 0 spiro atoms. The Bertz CT molecular complexity index is 1240. The van der Waals surface area contributed by atoms with Crippen LogP contribution in [-0.4, -0.2) is 27.6 Å². The van der Waals surface area contributed by atoms with Gasteiger partial charge in [-0.2, -0.15) is 0 Å². The van der Waals surface area contributed by atoms with Gasteiger partial charge >= 0.3 is 0 Å². The fourth-order valence-corrected chi connectivity index (χ4v) is 8.36. The molecule has 8 heteroatoms. The molecule has 35 heavy (non-hydrogen) atoms. The summed E-state index contributed by atoms with van der Waals surface area (Å²) in [6.07, 6.45) is 0. The molecule has 1 aliphatic rings. The third kappa shape index (κ3) is 4.13. The van der Waals surface area contributed by atoms with E-state index in [-0.39, 0.29) is 11.8 Å². The molecule has 0 radical (unpaired) electrons. The van der Waals surface area contributed by atoms with E-state index in [1.54, 1.807) is 20.3 Å². The largest absolute Gasteiger partial charge is 0.496 e. The van der Waals surface area contributed by atoms with Gasteiger partial charge in [0.25, 0.3) is 0 Å². The van der Waals surface area contributed by atoms with Crippen molar-refractivity contribution in [3.8, 4) is 28.7 Å². The number of halogens is 1. The van der Waals surface area contributed by atoms with Crippen LogP contribution in [0, 0.1) is 27.7 Å². The second-order valence-corrected chi connectivity index (χ2v) is 11.7. The summed E-state index contributed by atoms with van der Waals surface area (Å²) in [6.45, 7) is 10.1. The summed E-state index contributed by atoms with van der Waals surface area (Å²) in [5, 5.41) is 1.96. The number of methoxy groups -OCH3 is 2. The number of hydrogen-bond donors (Lipinski definition) is 0. The molecule has 0 N–H and O–H groups in total. The van der Waals surface area contributed by atoms with E-state index < -0.39 is 7.14 Å². The quantitative estimate of drug-likeness (QED) is 0.394. The predicted octanol–water partition coefficient (Wildman–Crippen LogP) is 5.36. The van der Waals surface area contributed by atoms with Gasteiger partial charge in [0.05, 0.1) is 25.8 Å². The van der Waals surface area contributed by atoms with E-state index >= 15 is 4.57 Å². The van der Waals surface area contributed by atoms with Crippen molar-refractivity contribution in [3.05, 3.63) is 57.6 Å². The number of rotatable bonds is 7. The third-order valence-electron chi connectivity index (χ3n) is 6.19. The average Bonchev–Trinajstić information content (AvgIpc) is 3.31. The first-order valence-electron chi connectivity index (χ1n) is 11.3. The second kappa shape index (κ2) is 9.67. The van der Waals surface area contributed by atoms with Crippen LogP contribution in [0.4, 0.5) is 0 Å². The van der Waals surface area contributed by atoms with Gasteiger partial charge in [0.15, 0.2) is 18.6 Å². The molecule has 0 fully saturated rings. The molecule has 0 bridgehead atoms. The fraction of sp³-hybridized carbons (Fsp3) is 0.333. The van der Waals surface area contributed by atoms with E-state index in [9.17, 15) is 0 Å². The monoisotopic (exact) mass is 516 g/mol. The Balaban J connectivity index is 2.11. The van der Waals surface area contributed by atoms with Crippen molar-refractivity contribution in [2.24, 2.45) is 0 Å². The summed E-state index contributed by atoms with van der Waals surface area (Å²) < 4.78 is 43.8. The molecule has 0 atom stereocenters. The van der Waals surface area contributed by atoms with Gasteiger partial charge in [-0.3, -0.25) is 0 Å². The van der Waals surface area contributed by atoms with Crippen molar-refractivity contribution in [2.45, 2.75) is 34.6 Å². The van der Waals surface area contributed by atoms with E-state index in [4.69, 9.17) is 35.3 Å². The Labute approximate surface area is 211 Å². The highest BCUT2D eigenvalue weighted by molar-refractivity contribution is 7.85. The molecule has 3 aromatic carbocycles. The highest BCUT2D eigenvalue weighted by Gasteiger charge is 2.38. The smallest absolute Gasteiger partial charge is 0.231 e. The SMILES string of the molecule is CCOc1cc(P(=O)(c2cc(C)c(OC)c(C)c2)c2cc(C)c(OC)c(C)c2)c(Cl)c2c1OCO2. The minimum atomic E-state index is -3.52. The lowest BCUT2D eigenvalue weighted by Gasteiger charge is -2.25. The first-order valence-corrected chi connectivity index (χ1v) is 13.4. The molecule has 0 aliphatic carbocycles. The molecule has 1 aliphatic heterocycles. The van der Waals surface area contributed by atoms with Crippen LogP contribution in [0.25, 0.3) is 0 Å². The second-order valence-electron chi connectivity index (χ2n) is 8.54. The van der Waals surface area contributed by atoms with Crippen LogP contribution in [-0.2, 0) is 4.57 Å². The Morgan fingerprint density at radius 1 is 0.829 bits per heavy atom. The maximum Gasteiger partial charge on any atom is 0.231 e. The topological polar surface area (TPSA) is 63.2 Å². The summed E-state index contributed by atoms with van der Waals surface area (Å²) in [5.41, 5.74) is 3.52. The Morgan fingerprint density at radius 2 is 1.29 bits per heavy atom. The van der Waals surface area contributed by atoms with Crippen LogP contribution < -0.4 is 39.6 Å². The molecule has 186 valence electrons. The van der Waals surface area contributed by atoms with Crippen LogP contribution in [0.1, 0.15) is 29.2 Å². The molecule has 4 rings (SSSR count). The van der Waals surface area contributed by atoms with Gasteiger partial charge in [-0.05, 0) is 87.2 Å². The van der Waals surface area contributed by atoms with Crippen LogP contribution in [0.3, 0.4) is 0 Å². The third-order valence-corrected chi connectivity index (χ3v) is 9.70. The molecular formula is C27H30ClO6P. The molecule has 0 saturated heterocycles. The van der Waals surface area contributed by atoms with Crippen LogP contribution in [0.15, 0.2) is 30.3 Å². The van der Waals surface area contributed by atoms with Crippen molar-refractivity contribution in [3.63, 3.8) is 0 Å². The van der Waals surface area contributed by atoms with Crippen molar-refractivity contribution in [1.29, 1.82) is 0 Å². The molecule has 1 heterocycles. The zero-order valence-corrected chi connectivity index (χ0v) is 22.7. The zero-order chi connectivity index (χ0) is 25.5. The van der Waals surface area contributed by atoms with Gasteiger partial charge in [0.1, 0.15) is 11.5 Å². The lowest BCUT2D eigenvalue weighted by molar-refractivity contribution is 0.170. The Kier molecular flexibility index (Phi) is 6.99. The van der Waals surface area contributed by atoms with E-state index in [1.807, 2.05) is 58.9 Å². The summed E-state index contributed by atoms with van der Waals surface area (Å²) >= 11 is 6.90. The van der Waals surface area contributed by atoms with Crippen LogP contribution in [0.2, 0.25) is 5.02 Å². The summed E-state index contributed by atoms with van der Waals surface area (Å²) in [4.78, 5) is 0. The molecule has 0 amide bonds. The number of fused-ring (bicyclic) bond motifs is 1. The molecule has 0 aromatic heterocycles. The molecule has 6 nitrogen and oxygen atoms in total. The van der Waals surface area contributed by atoms with Crippen molar-refractivity contribution >= 4 is 34.7 Å². The minimum absolute atomic E-state index is 0.0182. The fourth-order valence-electron chi connectivity index (χ4n) is 4.78. The van der Waals surface area contributed by atoms with E-state index in [0.29, 0.717) is 39.8 Å². The summed E-state index contributed by atoms with van der Waals surface area (Å²) in [5.74, 6) is 2.74. The first-order chi connectivity index (χ1) is 16.7. The number of hydrogen-bond acceptors (Lipinski definition) is 6. The number of aryl methyl sites for hydroxylation is 4. The van der Waals surface area contributed by atoms with E-state index in [0.717, 1.165) is 33.8 Å². The highest BCUT2D eigenvalue weighted by Crippen LogP contribution is 2.53. The van der Waals surface area contributed by atoms with Crippen molar-refractivity contribution < 1.29 is 28.2 Å². The summed E-state index contributed by atoms with van der Waals surface area (Å²) in [7, 11) is -0.258. The van der Waals surface area contributed by atoms with Crippen LogP contribution in [0.5, 0.6) is 28.7 Å². The molecule has 3 aromatic rings. The summed E-state index contributed by atoms with van der Waals surface area (Å²) in [6, 6.07) is 9.35. The minimum Gasteiger partial charge on any atom is -0.496 e. The van der Waals surface area contributed by atoms with E-state index in [1.165, 1.54) is 0 Å². The average molecular weight is 517 g/mol. The highest BCUT2D eigenvalue weighted by atomic mass is 35.5. The standard InChI is InChI=1S/C27H30ClO6P/c1-8-32-21-13-22(23(28)27-26(21)33-14-34-27)35(29,19-9-15(2)24(30-6)16(3)10-19)20-11-17(4)25(31-7)18(5)12-20/h9-13H,8,14H2,1-7H3. The van der Waals surface area contributed by atoms with Gasteiger partial charge in [-0.15, -0.1) is 0 Å². The lowest BCUT2D eigenvalue weighted by Crippen LogP contribution is -2.27. The number of benzene rings is 3. The van der Waals surface area contributed by atoms with Gasteiger partial charge in [0.2, 0.25) is 12.5 Å². The van der Waals surface area contributed by atoms with Crippen molar-refractivity contribution in [2.75, 3.05) is 27.6 Å². The number of ether oxygens (including phenoxy) is 5. The van der Waals surface area contributed by atoms with Gasteiger partial charge in [-0.25, -0.2) is 0 Å². The zero-order valence-electron chi connectivity index (χ0n) is 21.1. The van der Waals surface area contributed by atoms with Gasteiger partial charge < -0.3 is 28.2 Å². The maximum absolute atomic E-state index is 15.5. The van der Waals surface area contributed by atoms with Gasteiger partial charge in [-0.1, -0.05) is 11.6 Å². The lowest BCUT2D eigenvalue weighted by atomic mass is 10.1. The predicted molar refractivity (Wildman–Crippen MR) is 140 cm³/mol. The normalized spacial score (nSPS) is 12.6. The van der Waals surface area contributed by atoms with Crippen LogP contribution >= 0.6 is 18.7 Å². The first kappa shape index (κ1) is 25.3. The molecular weight excluding hydrogens is 487 g/mol. The Morgan fingerprint density at radius 3 is 1.71 bits per heavy atom. The molecule has 0 saturated carbocycles. The van der Waals surface area contributed by atoms with E-state index in [2.05, 4.69) is 0 Å². The molecule has 0 unspecified atom stereocenters. The van der Waals surface area contributed by atoms with Crippen molar-refractivity contribution in [1.82, 2.24) is 0 Å².